The van der Waals surface area contributed by atoms with Gasteiger partial charge in [-0.3, -0.25) is 14.4 Å². The monoisotopic (exact) mass is 668 g/mol. The Labute approximate surface area is 279 Å². The van der Waals surface area contributed by atoms with Gasteiger partial charge in [0.15, 0.2) is 23.0 Å². The Balaban J connectivity index is 1.29. The van der Waals surface area contributed by atoms with Gasteiger partial charge in [0, 0.05) is 49.7 Å². The quantitative estimate of drug-likeness (QED) is 0.0987. The van der Waals surface area contributed by atoms with Crippen LogP contribution in [0.4, 0.5) is 0 Å². The SMILES string of the molecule is C/C=C(/CCNC(=O)c1cc2cc(OCCCOc3cc4c(cc3OC)CN(C(=O)CCC(=O)OCC)C4)c(OC)cc2s1)OCC. The second kappa shape index (κ2) is 17.5. The lowest BCUT2D eigenvalue weighted by atomic mass is 10.1. The van der Waals surface area contributed by atoms with Crippen LogP contribution in [-0.4, -0.2) is 69.9 Å². The van der Waals surface area contributed by atoms with E-state index in [1.54, 1.807) is 26.0 Å². The number of nitrogens with zero attached hydrogens (tertiary/aromatic N) is 1. The third kappa shape index (κ3) is 9.54. The molecule has 47 heavy (non-hydrogen) atoms. The number of rotatable bonds is 18. The Morgan fingerprint density at radius 1 is 0.830 bits per heavy atom. The number of ether oxygens (including phenoxy) is 6. The molecule has 4 rings (SSSR count). The highest BCUT2D eigenvalue weighted by Gasteiger charge is 2.26. The standard InChI is InChI=1S/C35H44N2O9S/c1-6-26(43-7-2)12-13-36-35(40)32-19-23-16-29(28(42-5)20-31(23)47-32)45-14-9-15-46-30-18-25-22-37(21-24(25)17-27(30)41-4)33(38)10-11-34(39)44-8-3/h6,16-20H,7-15,21-22H2,1-5H3,(H,36,40)/b26-6-. The molecule has 0 saturated carbocycles. The van der Waals surface area contributed by atoms with Gasteiger partial charge < -0.3 is 38.6 Å². The van der Waals surface area contributed by atoms with Crippen molar-refractivity contribution < 1.29 is 42.8 Å². The van der Waals surface area contributed by atoms with Gasteiger partial charge in [0.05, 0.1) is 57.7 Å². The zero-order valence-electron chi connectivity index (χ0n) is 27.8. The van der Waals surface area contributed by atoms with Crippen LogP contribution in [0.15, 0.2) is 42.2 Å². The van der Waals surface area contributed by atoms with Gasteiger partial charge in [-0.05, 0) is 67.6 Å². The van der Waals surface area contributed by atoms with Gasteiger partial charge in [0.25, 0.3) is 5.91 Å². The zero-order chi connectivity index (χ0) is 33.8. The summed E-state index contributed by atoms with van der Waals surface area (Å²) in [5.41, 5.74) is 1.97. The molecule has 1 aliphatic rings. The molecule has 2 amide bonds. The van der Waals surface area contributed by atoms with Gasteiger partial charge in [-0.15, -0.1) is 11.3 Å². The van der Waals surface area contributed by atoms with Gasteiger partial charge in [-0.2, -0.15) is 0 Å². The van der Waals surface area contributed by atoms with Crippen LogP contribution in [0.2, 0.25) is 0 Å². The third-order valence-electron chi connectivity index (χ3n) is 7.55. The highest BCUT2D eigenvalue weighted by Crippen LogP contribution is 2.37. The lowest BCUT2D eigenvalue weighted by Gasteiger charge is -2.14. The topological polar surface area (TPSA) is 122 Å². The van der Waals surface area contributed by atoms with E-state index in [9.17, 15) is 14.4 Å². The highest BCUT2D eigenvalue weighted by molar-refractivity contribution is 7.20. The van der Waals surface area contributed by atoms with Crippen molar-refractivity contribution in [2.75, 3.05) is 47.2 Å². The van der Waals surface area contributed by atoms with Crippen molar-refractivity contribution in [1.82, 2.24) is 10.2 Å². The van der Waals surface area contributed by atoms with Crippen LogP contribution >= 0.6 is 11.3 Å². The summed E-state index contributed by atoms with van der Waals surface area (Å²) < 4.78 is 34.7. The molecule has 0 atom stereocenters. The Morgan fingerprint density at radius 2 is 1.47 bits per heavy atom. The summed E-state index contributed by atoms with van der Waals surface area (Å²) in [5.74, 6) is 2.61. The molecule has 0 spiro atoms. The molecule has 12 heteroatoms. The minimum absolute atomic E-state index is 0.0677. The second-order valence-electron chi connectivity index (χ2n) is 10.7. The molecule has 0 unspecified atom stereocenters. The number of thiophene rings is 1. The number of allylic oxidation sites excluding steroid dienone is 1. The minimum Gasteiger partial charge on any atom is -0.499 e. The fourth-order valence-electron chi connectivity index (χ4n) is 5.18. The van der Waals surface area contributed by atoms with Crippen molar-refractivity contribution in [1.29, 1.82) is 0 Å². The molecule has 0 saturated heterocycles. The summed E-state index contributed by atoms with van der Waals surface area (Å²) in [7, 11) is 3.17. The lowest BCUT2D eigenvalue weighted by molar-refractivity contribution is -0.145. The summed E-state index contributed by atoms with van der Waals surface area (Å²) in [5, 5.41) is 3.86. The summed E-state index contributed by atoms with van der Waals surface area (Å²) in [6, 6.07) is 9.44. The first-order valence-corrected chi connectivity index (χ1v) is 16.7. The molecule has 1 aliphatic heterocycles. The molecule has 0 bridgehead atoms. The van der Waals surface area contributed by atoms with Crippen LogP contribution in [0.1, 0.15) is 67.3 Å². The van der Waals surface area contributed by atoms with E-state index in [2.05, 4.69) is 5.32 Å². The summed E-state index contributed by atoms with van der Waals surface area (Å²) in [6.07, 6.45) is 3.32. The number of fused-ring (bicyclic) bond motifs is 2. The van der Waals surface area contributed by atoms with Crippen LogP contribution in [0.5, 0.6) is 23.0 Å². The lowest BCUT2D eigenvalue weighted by Crippen LogP contribution is -2.25. The average Bonchev–Trinajstić information content (AvgIpc) is 3.69. The molecule has 2 aromatic carbocycles. The first-order chi connectivity index (χ1) is 22.8. The van der Waals surface area contributed by atoms with Crippen LogP contribution in [0.3, 0.4) is 0 Å². The number of methoxy groups -OCH3 is 2. The smallest absolute Gasteiger partial charge is 0.306 e. The number of nitrogens with one attached hydrogen (secondary N) is 1. The molecule has 1 aromatic heterocycles. The fraction of sp³-hybridized carbons (Fsp3) is 0.457. The van der Waals surface area contributed by atoms with Gasteiger partial charge in [0.1, 0.15) is 0 Å². The van der Waals surface area contributed by atoms with Crippen molar-refractivity contribution in [3.05, 3.63) is 58.2 Å². The van der Waals surface area contributed by atoms with Gasteiger partial charge >= 0.3 is 5.97 Å². The maximum Gasteiger partial charge on any atom is 0.306 e. The molecule has 0 fully saturated rings. The Morgan fingerprint density at radius 3 is 2.11 bits per heavy atom. The Kier molecular flexibility index (Phi) is 13.2. The van der Waals surface area contributed by atoms with E-state index < -0.39 is 0 Å². The number of benzene rings is 2. The summed E-state index contributed by atoms with van der Waals surface area (Å²) >= 11 is 1.40. The predicted molar refractivity (Wildman–Crippen MR) is 179 cm³/mol. The van der Waals surface area contributed by atoms with E-state index in [-0.39, 0.29) is 30.6 Å². The van der Waals surface area contributed by atoms with Gasteiger partial charge in [-0.1, -0.05) is 0 Å². The largest absolute Gasteiger partial charge is 0.499 e. The van der Waals surface area contributed by atoms with E-state index in [4.69, 9.17) is 28.4 Å². The van der Waals surface area contributed by atoms with E-state index in [0.717, 1.165) is 27.0 Å². The molecule has 254 valence electrons. The maximum atomic E-state index is 12.8. The van der Waals surface area contributed by atoms with E-state index in [1.807, 2.05) is 50.3 Å². The molecule has 11 nitrogen and oxygen atoms in total. The van der Waals surface area contributed by atoms with Crippen molar-refractivity contribution >= 4 is 39.2 Å². The maximum absolute atomic E-state index is 12.8. The number of esters is 1. The third-order valence-corrected chi connectivity index (χ3v) is 8.64. The van der Waals surface area contributed by atoms with E-state index in [1.165, 1.54) is 11.3 Å². The van der Waals surface area contributed by atoms with Crippen molar-refractivity contribution in [3.8, 4) is 23.0 Å². The van der Waals surface area contributed by atoms with E-state index in [0.29, 0.717) is 86.8 Å². The fourth-order valence-corrected chi connectivity index (χ4v) is 6.17. The van der Waals surface area contributed by atoms with Crippen molar-refractivity contribution in [3.63, 3.8) is 0 Å². The molecule has 0 radical (unpaired) electrons. The highest BCUT2D eigenvalue weighted by atomic mass is 32.1. The molecular formula is C35H44N2O9S. The summed E-state index contributed by atoms with van der Waals surface area (Å²) in [6.45, 7) is 8.63. The van der Waals surface area contributed by atoms with Gasteiger partial charge in [-0.25, -0.2) is 0 Å². The van der Waals surface area contributed by atoms with Crippen molar-refractivity contribution in [2.24, 2.45) is 0 Å². The number of carbonyl (C=O) groups is 3. The normalized spacial score (nSPS) is 12.4. The van der Waals surface area contributed by atoms with Crippen LogP contribution in [0, 0.1) is 0 Å². The second-order valence-corrected chi connectivity index (χ2v) is 11.8. The van der Waals surface area contributed by atoms with E-state index >= 15 is 0 Å². The molecular weight excluding hydrogens is 624 g/mol. The number of hydrogen-bond donors (Lipinski definition) is 1. The van der Waals surface area contributed by atoms with Crippen LogP contribution in [-0.2, 0) is 32.2 Å². The number of hydrogen-bond acceptors (Lipinski definition) is 10. The zero-order valence-corrected chi connectivity index (χ0v) is 28.6. The number of carbonyl (C=O) groups excluding carboxylic acids is 3. The summed E-state index contributed by atoms with van der Waals surface area (Å²) in [4.78, 5) is 39.4. The van der Waals surface area contributed by atoms with Crippen LogP contribution in [0.25, 0.3) is 10.1 Å². The average molecular weight is 669 g/mol. The Hall–Kier alpha value is -4.45. The minimum atomic E-state index is -0.369. The molecule has 2 heterocycles. The molecule has 3 aromatic rings. The van der Waals surface area contributed by atoms with Crippen LogP contribution < -0.4 is 24.3 Å². The van der Waals surface area contributed by atoms with Crippen molar-refractivity contribution in [2.45, 2.75) is 59.5 Å². The first kappa shape index (κ1) is 35.4. The predicted octanol–water partition coefficient (Wildman–Crippen LogP) is 6.01. The molecule has 1 N–H and O–H groups in total. The number of amides is 2. The van der Waals surface area contributed by atoms with Gasteiger partial charge in [0.2, 0.25) is 5.91 Å². The molecule has 0 aliphatic carbocycles. The Bertz CT molecular complexity index is 1580. The first-order valence-electron chi connectivity index (χ1n) is 15.9.